The molecule has 1 heterocycles. The van der Waals surface area contributed by atoms with Crippen molar-refractivity contribution < 1.29 is 14.3 Å². The second-order valence-electron chi connectivity index (χ2n) is 7.72. The molecule has 34 heavy (non-hydrogen) atoms. The Balaban J connectivity index is 1.38. The number of halogens is 1. The highest BCUT2D eigenvalue weighted by Gasteiger charge is 2.13. The summed E-state index contributed by atoms with van der Waals surface area (Å²) in [4.78, 5) is 17.3. The van der Waals surface area contributed by atoms with Crippen LogP contribution in [0.2, 0.25) is 5.02 Å². The standard InChI is InChI=1S/C26H27ClN4O3/c1-4-31-22-8-6-5-7-20(22)29-25(31)14-11-17-9-12-18(13-10-17)28-26(32)30-21-15-19(27)23(33-2)16-24(21)34-3/h5-10,12-13,15-16H,4,11,14H2,1-3H3,(H2,28,30,32). The second kappa shape index (κ2) is 10.5. The van der Waals surface area contributed by atoms with E-state index in [4.69, 9.17) is 26.1 Å². The van der Waals surface area contributed by atoms with Crippen molar-refractivity contribution >= 4 is 40.0 Å². The van der Waals surface area contributed by atoms with Crippen molar-refractivity contribution in [1.29, 1.82) is 0 Å². The minimum atomic E-state index is -0.399. The highest BCUT2D eigenvalue weighted by atomic mass is 35.5. The van der Waals surface area contributed by atoms with Gasteiger partial charge in [0.25, 0.3) is 0 Å². The van der Waals surface area contributed by atoms with E-state index in [2.05, 4.69) is 28.2 Å². The van der Waals surface area contributed by atoms with Gasteiger partial charge in [-0.25, -0.2) is 9.78 Å². The van der Waals surface area contributed by atoms with Crippen LogP contribution >= 0.6 is 11.6 Å². The van der Waals surface area contributed by atoms with E-state index in [0.717, 1.165) is 30.7 Å². The fourth-order valence-corrected chi connectivity index (χ4v) is 4.16. The molecule has 2 N–H and O–H groups in total. The lowest BCUT2D eigenvalue weighted by atomic mass is 10.1. The molecule has 0 bridgehead atoms. The van der Waals surface area contributed by atoms with Gasteiger partial charge in [-0.15, -0.1) is 0 Å². The lowest BCUT2D eigenvalue weighted by molar-refractivity contribution is 0.262. The zero-order valence-corrected chi connectivity index (χ0v) is 20.1. The first-order chi connectivity index (χ1) is 16.5. The lowest BCUT2D eigenvalue weighted by Gasteiger charge is -2.14. The first-order valence-electron chi connectivity index (χ1n) is 11.0. The topological polar surface area (TPSA) is 77.4 Å². The highest BCUT2D eigenvalue weighted by Crippen LogP contribution is 2.36. The van der Waals surface area contributed by atoms with E-state index in [-0.39, 0.29) is 0 Å². The molecule has 8 heteroatoms. The van der Waals surface area contributed by atoms with Crippen LogP contribution in [0.4, 0.5) is 16.2 Å². The average molecular weight is 479 g/mol. The van der Waals surface area contributed by atoms with Crippen LogP contribution in [0.3, 0.4) is 0 Å². The minimum absolute atomic E-state index is 0.375. The summed E-state index contributed by atoms with van der Waals surface area (Å²) in [5.41, 5.74) is 4.49. The Morgan fingerprint density at radius 1 is 0.971 bits per heavy atom. The molecule has 0 spiro atoms. The van der Waals surface area contributed by atoms with Crippen LogP contribution in [0.5, 0.6) is 11.5 Å². The molecule has 0 atom stereocenters. The molecule has 4 rings (SSSR count). The molecule has 0 saturated carbocycles. The molecule has 0 fully saturated rings. The number of amides is 2. The van der Waals surface area contributed by atoms with Gasteiger partial charge in [-0.05, 0) is 49.2 Å². The van der Waals surface area contributed by atoms with Crippen LogP contribution in [0.15, 0.2) is 60.7 Å². The first-order valence-corrected chi connectivity index (χ1v) is 11.4. The number of methoxy groups -OCH3 is 2. The second-order valence-corrected chi connectivity index (χ2v) is 8.13. The normalized spacial score (nSPS) is 10.8. The SMILES string of the molecule is CCn1c(CCc2ccc(NC(=O)Nc3cc(Cl)c(OC)cc3OC)cc2)nc2ccccc21. The van der Waals surface area contributed by atoms with Crippen LogP contribution in [-0.4, -0.2) is 29.8 Å². The van der Waals surface area contributed by atoms with Gasteiger partial charge in [-0.1, -0.05) is 35.9 Å². The van der Waals surface area contributed by atoms with Crippen LogP contribution in [0.25, 0.3) is 11.0 Å². The summed E-state index contributed by atoms with van der Waals surface area (Å²) < 4.78 is 12.8. The Hall–Kier alpha value is -3.71. The molecule has 0 unspecified atom stereocenters. The molecule has 1 aromatic heterocycles. The number of hydrogen-bond acceptors (Lipinski definition) is 4. The maximum Gasteiger partial charge on any atom is 0.323 e. The molecular formula is C26H27ClN4O3. The van der Waals surface area contributed by atoms with Gasteiger partial charge in [0.2, 0.25) is 0 Å². The van der Waals surface area contributed by atoms with Gasteiger partial charge in [0.1, 0.15) is 17.3 Å². The minimum Gasteiger partial charge on any atom is -0.495 e. The number of fused-ring (bicyclic) bond motifs is 1. The van der Waals surface area contributed by atoms with E-state index in [0.29, 0.717) is 27.9 Å². The number of nitrogens with one attached hydrogen (secondary N) is 2. The molecule has 0 aliphatic carbocycles. The number of anilines is 2. The Kier molecular flexibility index (Phi) is 7.23. The number of aryl methyl sites for hydroxylation is 3. The van der Waals surface area contributed by atoms with Crippen molar-refractivity contribution in [3.63, 3.8) is 0 Å². The summed E-state index contributed by atoms with van der Waals surface area (Å²) in [5, 5.41) is 5.97. The molecule has 7 nitrogen and oxygen atoms in total. The third kappa shape index (κ3) is 5.10. The van der Waals surface area contributed by atoms with Gasteiger partial charge in [0.05, 0.1) is 36.0 Å². The van der Waals surface area contributed by atoms with Crippen LogP contribution < -0.4 is 20.1 Å². The number of carbonyl (C=O) groups is 1. The van der Waals surface area contributed by atoms with Gasteiger partial charge in [0.15, 0.2) is 0 Å². The smallest absolute Gasteiger partial charge is 0.323 e. The summed E-state index contributed by atoms with van der Waals surface area (Å²) in [6, 6.07) is 18.8. The van der Waals surface area contributed by atoms with E-state index in [9.17, 15) is 4.79 Å². The number of rotatable bonds is 8. The Morgan fingerprint density at radius 2 is 1.71 bits per heavy atom. The molecule has 4 aromatic rings. The highest BCUT2D eigenvalue weighted by molar-refractivity contribution is 6.32. The monoisotopic (exact) mass is 478 g/mol. The summed E-state index contributed by atoms with van der Waals surface area (Å²) in [5.74, 6) is 2.00. The van der Waals surface area contributed by atoms with E-state index in [1.54, 1.807) is 12.1 Å². The zero-order valence-electron chi connectivity index (χ0n) is 19.4. The number of hydrogen-bond donors (Lipinski definition) is 2. The number of benzene rings is 3. The van der Waals surface area contributed by atoms with Crippen LogP contribution in [0.1, 0.15) is 18.3 Å². The molecule has 0 radical (unpaired) electrons. The first kappa shape index (κ1) is 23.4. The van der Waals surface area contributed by atoms with Gasteiger partial charge in [0, 0.05) is 24.7 Å². The maximum absolute atomic E-state index is 12.5. The third-order valence-corrected chi connectivity index (χ3v) is 5.92. The summed E-state index contributed by atoms with van der Waals surface area (Å²) in [6.45, 7) is 3.02. The predicted octanol–water partition coefficient (Wildman–Crippen LogP) is 6.16. The number of aromatic nitrogens is 2. The van der Waals surface area contributed by atoms with Crippen molar-refractivity contribution in [1.82, 2.24) is 9.55 Å². The Labute approximate surface area is 203 Å². The van der Waals surface area contributed by atoms with Crippen molar-refractivity contribution in [2.75, 3.05) is 24.9 Å². The third-order valence-electron chi connectivity index (χ3n) is 5.62. The Morgan fingerprint density at radius 3 is 2.41 bits per heavy atom. The molecular weight excluding hydrogens is 452 g/mol. The van der Waals surface area contributed by atoms with E-state index in [1.165, 1.54) is 25.3 Å². The summed E-state index contributed by atoms with van der Waals surface area (Å²) in [6.07, 6.45) is 1.70. The lowest BCUT2D eigenvalue weighted by Crippen LogP contribution is -2.19. The summed E-state index contributed by atoms with van der Waals surface area (Å²) >= 11 is 6.18. The molecule has 0 aliphatic heterocycles. The van der Waals surface area contributed by atoms with Crippen molar-refractivity contribution in [3.05, 3.63) is 77.1 Å². The number of ether oxygens (including phenoxy) is 2. The number of imidazole rings is 1. The van der Waals surface area contributed by atoms with Crippen LogP contribution in [-0.2, 0) is 19.4 Å². The van der Waals surface area contributed by atoms with Crippen LogP contribution in [0, 0.1) is 0 Å². The zero-order chi connectivity index (χ0) is 24.1. The molecule has 0 saturated heterocycles. The summed E-state index contributed by atoms with van der Waals surface area (Å²) in [7, 11) is 3.03. The molecule has 176 valence electrons. The van der Waals surface area contributed by atoms with Gasteiger partial charge in [-0.3, -0.25) is 0 Å². The number of carbonyl (C=O) groups excluding carboxylic acids is 1. The van der Waals surface area contributed by atoms with Crippen molar-refractivity contribution in [2.24, 2.45) is 0 Å². The number of para-hydroxylation sites is 2. The van der Waals surface area contributed by atoms with Crippen molar-refractivity contribution in [3.8, 4) is 11.5 Å². The fourth-order valence-electron chi connectivity index (χ4n) is 3.92. The van der Waals surface area contributed by atoms with Gasteiger partial charge < -0.3 is 24.7 Å². The largest absolute Gasteiger partial charge is 0.495 e. The predicted molar refractivity (Wildman–Crippen MR) is 136 cm³/mol. The molecule has 0 aliphatic rings. The Bertz CT molecular complexity index is 1300. The van der Waals surface area contributed by atoms with E-state index < -0.39 is 6.03 Å². The number of urea groups is 1. The number of nitrogens with zero attached hydrogens (tertiary/aromatic N) is 2. The van der Waals surface area contributed by atoms with Crippen molar-refractivity contribution in [2.45, 2.75) is 26.3 Å². The fraction of sp³-hybridized carbons (Fsp3) is 0.231. The van der Waals surface area contributed by atoms with E-state index >= 15 is 0 Å². The average Bonchev–Trinajstić information content (AvgIpc) is 3.21. The van der Waals surface area contributed by atoms with Gasteiger partial charge in [-0.2, -0.15) is 0 Å². The quantitative estimate of drug-likeness (QED) is 0.318. The van der Waals surface area contributed by atoms with Gasteiger partial charge >= 0.3 is 6.03 Å². The van der Waals surface area contributed by atoms with E-state index in [1.807, 2.05) is 42.5 Å². The molecule has 3 aromatic carbocycles. The maximum atomic E-state index is 12.5. The molecule has 2 amide bonds.